The van der Waals surface area contributed by atoms with Crippen molar-refractivity contribution in [3.05, 3.63) is 76.4 Å². The average molecular weight is 430 g/mol. The van der Waals surface area contributed by atoms with Crippen LogP contribution in [0, 0.1) is 0 Å². The second-order valence-corrected chi connectivity index (χ2v) is 8.37. The van der Waals surface area contributed by atoms with Gasteiger partial charge in [0.05, 0.1) is 18.8 Å². The summed E-state index contributed by atoms with van der Waals surface area (Å²) in [6.07, 6.45) is -4.34. The molecule has 0 spiro atoms. The van der Waals surface area contributed by atoms with Gasteiger partial charge in [0.15, 0.2) is 0 Å². The average Bonchev–Trinajstić information content (AvgIpc) is 3.30. The summed E-state index contributed by atoms with van der Waals surface area (Å²) >= 11 is 0. The van der Waals surface area contributed by atoms with E-state index in [2.05, 4.69) is 0 Å². The molecule has 5 rings (SSSR count). The Morgan fingerprint density at radius 3 is 1.97 bits per heavy atom. The molecule has 1 N–H and O–H groups in total. The third-order valence-corrected chi connectivity index (χ3v) is 6.22. The van der Waals surface area contributed by atoms with E-state index in [1.807, 2.05) is 4.90 Å². The van der Waals surface area contributed by atoms with Crippen molar-refractivity contribution < 1.29 is 27.8 Å². The molecule has 31 heavy (non-hydrogen) atoms. The number of hydrogen-bond acceptors (Lipinski definition) is 4. The summed E-state index contributed by atoms with van der Waals surface area (Å²) in [6.45, 7) is 2.78. The van der Waals surface area contributed by atoms with Gasteiger partial charge in [-0.3, -0.25) is 4.79 Å². The Kier molecular flexibility index (Phi) is 4.60. The summed E-state index contributed by atoms with van der Waals surface area (Å²) in [4.78, 5) is 16.7. The fourth-order valence-electron chi connectivity index (χ4n) is 4.34. The minimum atomic E-state index is -4.34. The number of hydrogen-bond donors (Lipinski definition) is 1. The lowest BCUT2D eigenvalue weighted by atomic mass is 9.91. The van der Waals surface area contributed by atoms with Gasteiger partial charge in [0.25, 0.3) is 5.91 Å². The van der Waals surface area contributed by atoms with E-state index in [1.165, 1.54) is 12.1 Å². The summed E-state index contributed by atoms with van der Waals surface area (Å²) in [5, 5.41) is 10.3. The van der Waals surface area contributed by atoms with Crippen LogP contribution in [0.5, 0.6) is 0 Å². The zero-order chi connectivity index (χ0) is 21.8. The molecule has 0 bridgehead atoms. The normalized spacial score (nSPS) is 20.1. The Bertz CT molecular complexity index is 1020. The summed E-state index contributed by atoms with van der Waals surface area (Å²) < 4.78 is 43.4. The third-order valence-electron chi connectivity index (χ3n) is 6.22. The lowest BCUT2D eigenvalue weighted by Crippen LogP contribution is -2.46. The molecule has 5 nitrogen and oxygen atoms in total. The highest BCUT2D eigenvalue weighted by Gasteiger charge is 2.38. The smallest absolute Gasteiger partial charge is 0.380 e. The summed E-state index contributed by atoms with van der Waals surface area (Å²) in [5.74, 6) is -0.0705. The molecule has 3 aliphatic rings. The number of alkyl halides is 3. The van der Waals surface area contributed by atoms with Crippen LogP contribution >= 0.6 is 0 Å². The van der Waals surface area contributed by atoms with Gasteiger partial charge in [0.2, 0.25) is 0 Å². The van der Waals surface area contributed by atoms with Crippen molar-refractivity contribution in [2.75, 3.05) is 44.3 Å². The SMILES string of the molecule is O=C(c1ccc(C2(O)COC2)cc1)N1CC2=C(C1)CN(c1ccc(C(F)(F)F)cc1)C2. The standard InChI is InChI=1S/C23H21F3N2O3/c24-23(25,26)19-5-7-20(8-6-19)27-9-16-11-28(12-17(16)10-27)21(29)15-1-3-18(4-2-15)22(30)13-31-14-22/h1-8,30H,9-14H2. The first kappa shape index (κ1) is 20.1. The van der Waals surface area contributed by atoms with E-state index in [4.69, 9.17) is 4.74 Å². The number of nitrogens with zero attached hydrogens (tertiary/aromatic N) is 2. The lowest BCUT2D eigenvalue weighted by molar-refractivity contribution is -0.184. The summed E-state index contributed by atoms with van der Waals surface area (Å²) in [6, 6.07) is 12.2. The van der Waals surface area contributed by atoms with Crippen LogP contribution in [0.25, 0.3) is 0 Å². The van der Waals surface area contributed by atoms with Crippen molar-refractivity contribution >= 4 is 11.6 Å². The number of benzene rings is 2. The molecule has 1 saturated heterocycles. The van der Waals surface area contributed by atoms with E-state index in [0.29, 0.717) is 31.7 Å². The minimum Gasteiger partial charge on any atom is -0.380 e. The van der Waals surface area contributed by atoms with Crippen LogP contribution in [0.1, 0.15) is 21.5 Å². The fraction of sp³-hybridized carbons (Fsp3) is 0.348. The molecule has 8 heteroatoms. The first-order valence-electron chi connectivity index (χ1n) is 10.0. The molecule has 1 fully saturated rings. The van der Waals surface area contributed by atoms with Gasteiger partial charge in [-0.15, -0.1) is 0 Å². The maximum Gasteiger partial charge on any atom is 0.416 e. The number of carbonyl (C=O) groups excluding carboxylic acids is 1. The van der Waals surface area contributed by atoms with Crippen LogP contribution in [0.3, 0.4) is 0 Å². The van der Waals surface area contributed by atoms with Gasteiger partial charge < -0.3 is 19.6 Å². The van der Waals surface area contributed by atoms with Crippen molar-refractivity contribution in [3.8, 4) is 0 Å². The summed E-state index contributed by atoms with van der Waals surface area (Å²) in [7, 11) is 0. The zero-order valence-electron chi connectivity index (χ0n) is 16.7. The van der Waals surface area contributed by atoms with Gasteiger partial charge in [0.1, 0.15) is 5.60 Å². The number of amides is 1. The number of rotatable bonds is 3. The quantitative estimate of drug-likeness (QED) is 0.760. The van der Waals surface area contributed by atoms with E-state index in [1.54, 1.807) is 29.2 Å². The molecular formula is C23H21F3N2O3. The Morgan fingerprint density at radius 2 is 1.48 bits per heavy atom. The predicted molar refractivity (Wildman–Crippen MR) is 108 cm³/mol. The highest BCUT2D eigenvalue weighted by molar-refractivity contribution is 5.95. The van der Waals surface area contributed by atoms with Gasteiger partial charge in [-0.2, -0.15) is 13.2 Å². The van der Waals surface area contributed by atoms with Crippen molar-refractivity contribution in [3.63, 3.8) is 0 Å². The molecule has 3 heterocycles. The van der Waals surface area contributed by atoms with Gasteiger partial charge in [-0.1, -0.05) is 12.1 Å². The van der Waals surface area contributed by atoms with E-state index < -0.39 is 17.3 Å². The number of halogens is 3. The monoisotopic (exact) mass is 430 g/mol. The Morgan fingerprint density at radius 1 is 0.903 bits per heavy atom. The number of anilines is 1. The molecule has 2 aromatic rings. The Labute approximate surface area is 177 Å². The van der Waals surface area contributed by atoms with Crippen molar-refractivity contribution in [2.45, 2.75) is 11.8 Å². The fourth-order valence-corrected chi connectivity index (χ4v) is 4.34. The molecule has 0 saturated carbocycles. The largest absolute Gasteiger partial charge is 0.416 e. The maximum absolute atomic E-state index is 12.9. The molecular weight excluding hydrogens is 409 g/mol. The Balaban J connectivity index is 1.21. The van der Waals surface area contributed by atoms with Crippen LogP contribution in [0.2, 0.25) is 0 Å². The number of ether oxygens (including phenoxy) is 1. The predicted octanol–water partition coefficient (Wildman–Crippen LogP) is 3.20. The molecule has 0 aromatic heterocycles. The van der Waals surface area contributed by atoms with Gasteiger partial charge in [-0.25, -0.2) is 0 Å². The van der Waals surface area contributed by atoms with Gasteiger partial charge >= 0.3 is 6.18 Å². The lowest BCUT2D eigenvalue weighted by Gasteiger charge is -2.36. The first-order chi connectivity index (χ1) is 14.7. The second kappa shape index (κ2) is 7.10. The molecule has 162 valence electrons. The minimum absolute atomic E-state index is 0.0705. The van der Waals surface area contributed by atoms with Crippen LogP contribution in [0.15, 0.2) is 59.7 Å². The molecule has 0 atom stereocenters. The van der Waals surface area contributed by atoms with Gasteiger partial charge in [0, 0.05) is 37.4 Å². The van der Waals surface area contributed by atoms with Crippen molar-refractivity contribution in [2.24, 2.45) is 0 Å². The van der Waals surface area contributed by atoms with Crippen LogP contribution in [-0.2, 0) is 16.5 Å². The zero-order valence-corrected chi connectivity index (χ0v) is 16.7. The van der Waals surface area contributed by atoms with Crippen LogP contribution in [-0.4, -0.2) is 55.3 Å². The molecule has 0 radical (unpaired) electrons. The second-order valence-electron chi connectivity index (χ2n) is 8.37. The van der Waals surface area contributed by atoms with E-state index in [-0.39, 0.29) is 19.1 Å². The van der Waals surface area contributed by atoms with Crippen molar-refractivity contribution in [1.29, 1.82) is 0 Å². The van der Waals surface area contributed by atoms with E-state index in [9.17, 15) is 23.1 Å². The number of carbonyl (C=O) groups is 1. The third kappa shape index (κ3) is 3.59. The highest BCUT2D eigenvalue weighted by Crippen LogP contribution is 2.34. The van der Waals surface area contributed by atoms with Crippen LogP contribution in [0.4, 0.5) is 18.9 Å². The molecule has 1 amide bonds. The van der Waals surface area contributed by atoms with E-state index >= 15 is 0 Å². The van der Waals surface area contributed by atoms with Gasteiger partial charge in [-0.05, 0) is 53.1 Å². The summed E-state index contributed by atoms with van der Waals surface area (Å²) in [5.41, 5.74) is 2.72. The van der Waals surface area contributed by atoms with E-state index in [0.717, 1.165) is 34.5 Å². The molecule has 2 aromatic carbocycles. The van der Waals surface area contributed by atoms with Crippen molar-refractivity contribution in [1.82, 2.24) is 4.90 Å². The van der Waals surface area contributed by atoms with Crippen LogP contribution < -0.4 is 4.90 Å². The first-order valence-corrected chi connectivity index (χ1v) is 10.0. The molecule has 3 aliphatic heterocycles. The maximum atomic E-state index is 12.9. The molecule has 0 unspecified atom stereocenters. The molecule has 0 aliphatic carbocycles. The Hall–Kier alpha value is -2.84. The number of aliphatic hydroxyl groups is 1. The highest BCUT2D eigenvalue weighted by atomic mass is 19.4. The topological polar surface area (TPSA) is 53.0 Å².